The Balaban J connectivity index is 2.39. The number of aliphatic hydroxyl groups excluding tert-OH is 1. The molecule has 0 radical (unpaired) electrons. The fourth-order valence-corrected chi connectivity index (χ4v) is 3.31. The van der Waals surface area contributed by atoms with Crippen LogP contribution in [0.25, 0.3) is 0 Å². The lowest BCUT2D eigenvalue weighted by molar-refractivity contribution is 0.239. The van der Waals surface area contributed by atoms with Crippen LogP contribution < -0.4 is 10.6 Å². The van der Waals surface area contributed by atoms with Crippen LogP contribution in [-0.4, -0.2) is 29.3 Å². The van der Waals surface area contributed by atoms with Crippen LogP contribution in [0.5, 0.6) is 0 Å². The molecular weight excluding hydrogens is 331 g/mol. The number of halogens is 2. The second kappa shape index (κ2) is 6.15. The van der Waals surface area contributed by atoms with E-state index in [1.54, 1.807) is 12.1 Å². The van der Waals surface area contributed by atoms with Gasteiger partial charge in [-0.2, -0.15) is 0 Å². The third kappa shape index (κ3) is 2.90. The number of hydrogen-bond donors (Lipinski definition) is 2. The smallest absolute Gasteiger partial charge is 0.161 e. The van der Waals surface area contributed by atoms with Crippen molar-refractivity contribution in [3.05, 3.63) is 28.0 Å². The first-order chi connectivity index (χ1) is 9.06. The first kappa shape index (κ1) is 14.7. The Bertz CT molecular complexity index is 498. The summed E-state index contributed by atoms with van der Waals surface area (Å²) in [7, 11) is 0. The van der Waals surface area contributed by atoms with Crippen molar-refractivity contribution in [3.63, 3.8) is 0 Å². The normalized spacial score (nSPS) is 19.5. The van der Waals surface area contributed by atoms with Crippen molar-refractivity contribution in [3.8, 4) is 0 Å². The minimum absolute atomic E-state index is 0.0224. The van der Waals surface area contributed by atoms with Crippen LogP contribution in [-0.2, 0) is 0 Å². The Morgan fingerprint density at radius 3 is 2.89 bits per heavy atom. The van der Waals surface area contributed by atoms with Crippen molar-refractivity contribution < 1.29 is 9.50 Å². The monoisotopic (exact) mass is 346 g/mol. The second-order valence-corrected chi connectivity index (χ2v) is 5.88. The van der Waals surface area contributed by atoms with Gasteiger partial charge < -0.3 is 15.7 Å². The molecule has 0 bridgehead atoms. The maximum atomic E-state index is 14.4. The molecule has 0 saturated carbocycles. The van der Waals surface area contributed by atoms with E-state index >= 15 is 0 Å². The summed E-state index contributed by atoms with van der Waals surface area (Å²) in [4.78, 5) is 2.09. The SMILES string of the molecule is NC(=S)c1ccc(N2CCCCC2CO)c(F)c1Br. The first-order valence-corrected chi connectivity index (χ1v) is 7.41. The van der Waals surface area contributed by atoms with Gasteiger partial charge in [-0.3, -0.25) is 0 Å². The van der Waals surface area contributed by atoms with E-state index in [1.807, 2.05) is 4.90 Å². The molecule has 1 aliphatic rings. The maximum Gasteiger partial charge on any atom is 0.161 e. The van der Waals surface area contributed by atoms with Crippen LogP contribution in [0, 0.1) is 5.82 Å². The molecule has 2 rings (SSSR count). The molecule has 1 saturated heterocycles. The number of nitrogens with zero attached hydrogens (tertiary/aromatic N) is 1. The Morgan fingerprint density at radius 1 is 1.53 bits per heavy atom. The Hall–Kier alpha value is -0.720. The standard InChI is InChI=1S/C13H16BrFN2OS/c14-11-9(13(16)19)4-5-10(12(11)15)17-6-2-1-3-8(17)7-18/h4-5,8,18H,1-3,6-7H2,(H2,16,19). The summed E-state index contributed by atoms with van der Waals surface area (Å²) in [6.45, 7) is 0.787. The second-order valence-electron chi connectivity index (χ2n) is 4.65. The molecule has 19 heavy (non-hydrogen) atoms. The highest BCUT2D eigenvalue weighted by Gasteiger charge is 2.25. The molecule has 0 spiro atoms. The molecule has 0 amide bonds. The largest absolute Gasteiger partial charge is 0.394 e. The van der Waals surface area contributed by atoms with Gasteiger partial charge in [0.05, 0.1) is 22.8 Å². The van der Waals surface area contributed by atoms with Crippen LogP contribution in [0.15, 0.2) is 16.6 Å². The molecule has 1 atom stereocenters. The highest BCUT2D eigenvalue weighted by Crippen LogP contribution is 2.33. The van der Waals surface area contributed by atoms with E-state index in [9.17, 15) is 9.50 Å². The van der Waals surface area contributed by atoms with E-state index in [0.717, 1.165) is 25.8 Å². The quantitative estimate of drug-likeness (QED) is 0.826. The van der Waals surface area contributed by atoms with Crippen molar-refractivity contribution in [2.24, 2.45) is 5.73 Å². The van der Waals surface area contributed by atoms with Crippen molar-refractivity contribution >= 4 is 38.8 Å². The summed E-state index contributed by atoms with van der Waals surface area (Å²) >= 11 is 8.09. The predicted octanol–water partition coefficient (Wildman–Crippen LogP) is 2.57. The molecule has 1 aromatic rings. The molecule has 0 aromatic heterocycles. The Kier molecular flexibility index (Phi) is 4.76. The van der Waals surface area contributed by atoms with Crippen LogP contribution >= 0.6 is 28.1 Å². The van der Waals surface area contributed by atoms with Crippen molar-refractivity contribution in [1.29, 1.82) is 0 Å². The van der Waals surface area contributed by atoms with E-state index < -0.39 is 0 Å². The first-order valence-electron chi connectivity index (χ1n) is 6.21. The summed E-state index contributed by atoms with van der Waals surface area (Å²) < 4.78 is 14.7. The molecule has 3 N–H and O–H groups in total. The highest BCUT2D eigenvalue weighted by molar-refractivity contribution is 9.10. The Labute approximate surface area is 125 Å². The third-order valence-corrected chi connectivity index (χ3v) is 4.47. The third-order valence-electron chi connectivity index (χ3n) is 3.47. The summed E-state index contributed by atoms with van der Waals surface area (Å²) in [6, 6.07) is 3.38. The Morgan fingerprint density at radius 2 is 2.26 bits per heavy atom. The topological polar surface area (TPSA) is 49.5 Å². The van der Waals surface area contributed by atoms with Gasteiger partial charge in [0.15, 0.2) is 5.82 Å². The average Bonchev–Trinajstić information content (AvgIpc) is 2.41. The van der Waals surface area contributed by atoms with Gasteiger partial charge in [-0.15, -0.1) is 0 Å². The molecule has 1 aliphatic heterocycles. The van der Waals surface area contributed by atoms with Gasteiger partial charge in [0.25, 0.3) is 0 Å². The van der Waals surface area contributed by atoms with E-state index in [0.29, 0.717) is 15.7 Å². The van der Waals surface area contributed by atoms with Gasteiger partial charge >= 0.3 is 0 Å². The fraction of sp³-hybridized carbons (Fsp3) is 0.462. The lowest BCUT2D eigenvalue weighted by atomic mass is 10.0. The van der Waals surface area contributed by atoms with E-state index in [2.05, 4.69) is 15.9 Å². The zero-order valence-corrected chi connectivity index (χ0v) is 12.8. The number of piperidine rings is 1. The molecule has 1 aromatic carbocycles. The molecule has 6 heteroatoms. The van der Waals surface area contributed by atoms with Gasteiger partial charge in [-0.1, -0.05) is 12.2 Å². The van der Waals surface area contributed by atoms with E-state index in [1.165, 1.54) is 0 Å². The van der Waals surface area contributed by atoms with Crippen molar-refractivity contribution in [1.82, 2.24) is 0 Å². The van der Waals surface area contributed by atoms with Crippen molar-refractivity contribution in [2.45, 2.75) is 25.3 Å². The molecular formula is C13H16BrFN2OS. The molecule has 1 heterocycles. The fourth-order valence-electron chi connectivity index (χ4n) is 2.46. The molecule has 1 fully saturated rings. The van der Waals surface area contributed by atoms with Crippen molar-refractivity contribution in [2.75, 3.05) is 18.1 Å². The molecule has 104 valence electrons. The maximum absolute atomic E-state index is 14.4. The van der Waals surface area contributed by atoms with Gasteiger partial charge in [-0.05, 0) is 47.3 Å². The average molecular weight is 347 g/mol. The van der Waals surface area contributed by atoms with Crippen LogP contribution in [0.4, 0.5) is 10.1 Å². The van der Waals surface area contributed by atoms with Gasteiger partial charge in [0, 0.05) is 12.1 Å². The number of thiocarbonyl (C=S) groups is 1. The van der Waals surface area contributed by atoms with Gasteiger partial charge in [0.1, 0.15) is 4.99 Å². The molecule has 0 aliphatic carbocycles. The molecule has 1 unspecified atom stereocenters. The predicted molar refractivity (Wildman–Crippen MR) is 82.1 cm³/mol. The lowest BCUT2D eigenvalue weighted by Crippen LogP contribution is -2.42. The van der Waals surface area contributed by atoms with E-state index in [4.69, 9.17) is 18.0 Å². The number of aliphatic hydroxyl groups is 1. The summed E-state index contributed by atoms with van der Waals surface area (Å²) in [5.41, 5.74) is 6.53. The zero-order chi connectivity index (χ0) is 14.0. The number of rotatable bonds is 3. The number of nitrogens with two attached hydrogens (primary N) is 1. The minimum Gasteiger partial charge on any atom is -0.394 e. The van der Waals surface area contributed by atoms with Gasteiger partial charge in [-0.25, -0.2) is 4.39 Å². The minimum atomic E-state index is -0.370. The highest BCUT2D eigenvalue weighted by atomic mass is 79.9. The van der Waals surface area contributed by atoms with Crippen LogP contribution in [0.2, 0.25) is 0 Å². The van der Waals surface area contributed by atoms with Crippen LogP contribution in [0.3, 0.4) is 0 Å². The van der Waals surface area contributed by atoms with Gasteiger partial charge in [0.2, 0.25) is 0 Å². The zero-order valence-electron chi connectivity index (χ0n) is 10.4. The van der Waals surface area contributed by atoms with E-state index in [-0.39, 0.29) is 23.5 Å². The van der Waals surface area contributed by atoms with Crippen LogP contribution in [0.1, 0.15) is 24.8 Å². The summed E-state index contributed by atoms with van der Waals surface area (Å²) in [5, 5.41) is 9.41. The number of benzene rings is 1. The number of hydrogen-bond acceptors (Lipinski definition) is 3. The summed E-state index contributed by atoms with van der Waals surface area (Å²) in [6.07, 6.45) is 2.95. The summed E-state index contributed by atoms with van der Waals surface area (Å²) in [5.74, 6) is -0.370. The lowest BCUT2D eigenvalue weighted by Gasteiger charge is -2.37. The molecule has 3 nitrogen and oxygen atoms in total. The number of anilines is 1.